The summed E-state index contributed by atoms with van der Waals surface area (Å²) in [6.45, 7) is 7.91. The summed E-state index contributed by atoms with van der Waals surface area (Å²) in [5.41, 5.74) is 2.04. The van der Waals surface area contributed by atoms with Crippen molar-refractivity contribution in [3.8, 4) is 5.69 Å². The van der Waals surface area contributed by atoms with Crippen molar-refractivity contribution < 1.29 is 8.60 Å². The molecule has 0 aliphatic heterocycles. The molecule has 2 aromatic rings. The first-order valence-corrected chi connectivity index (χ1v) is 9.39. The Morgan fingerprint density at radius 1 is 1.33 bits per heavy atom. The lowest BCUT2D eigenvalue weighted by molar-refractivity contribution is 0.368. The first-order chi connectivity index (χ1) is 11.2. The molecule has 2 atom stereocenters. The van der Waals surface area contributed by atoms with Crippen LogP contribution in [-0.4, -0.2) is 18.7 Å². The van der Waals surface area contributed by atoms with Crippen LogP contribution in [0.1, 0.15) is 51.8 Å². The summed E-state index contributed by atoms with van der Waals surface area (Å²) in [5, 5.41) is 4.43. The molecular formula is C18H24FN3OS. The van der Waals surface area contributed by atoms with Gasteiger partial charge >= 0.3 is 0 Å². The fourth-order valence-corrected chi connectivity index (χ4v) is 4.04. The zero-order valence-corrected chi connectivity index (χ0v) is 15.4. The smallest absolute Gasteiger partial charge is 0.148 e. The van der Waals surface area contributed by atoms with E-state index in [-0.39, 0.29) is 10.6 Å². The molecule has 1 aliphatic rings. The third-order valence-electron chi connectivity index (χ3n) is 4.51. The van der Waals surface area contributed by atoms with Gasteiger partial charge in [-0.2, -0.15) is 5.10 Å². The maximum atomic E-state index is 14.2. The van der Waals surface area contributed by atoms with Crippen LogP contribution in [0.15, 0.2) is 30.5 Å². The van der Waals surface area contributed by atoms with Crippen molar-refractivity contribution in [1.29, 1.82) is 0 Å². The highest BCUT2D eigenvalue weighted by Gasteiger charge is 2.38. The van der Waals surface area contributed by atoms with Gasteiger partial charge < -0.3 is 0 Å². The highest BCUT2D eigenvalue weighted by atomic mass is 32.2. The Bertz CT molecular complexity index is 781. The predicted octanol–water partition coefficient (Wildman–Crippen LogP) is 3.61. The lowest BCUT2D eigenvalue weighted by Gasteiger charge is -2.36. The van der Waals surface area contributed by atoms with E-state index in [1.54, 1.807) is 29.1 Å². The van der Waals surface area contributed by atoms with Crippen molar-refractivity contribution >= 4 is 11.0 Å². The summed E-state index contributed by atoms with van der Waals surface area (Å²) >= 11 is 0. The number of hydrogen-bond acceptors (Lipinski definition) is 2. The molecule has 0 bridgehead atoms. The maximum Gasteiger partial charge on any atom is 0.148 e. The van der Waals surface area contributed by atoms with E-state index in [0.29, 0.717) is 5.69 Å². The summed E-state index contributed by atoms with van der Waals surface area (Å²) < 4.78 is 31.4. The van der Waals surface area contributed by atoms with Gasteiger partial charge in [0, 0.05) is 11.3 Å². The maximum absolute atomic E-state index is 14.2. The Kier molecular flexibility index (Phi) is 4.38. The van der Waals surface area contributed by atoms with E-state index in [9.17, 15) is 8.60 Å². The number of hydrogen-bond donors (Lipinski definition) is 1. The molecule has 6 heteroatoms. The van der Waals surface area contributed by atoms with E-state index in [4.69, 9.17) is 0 Å². The number of fused-ring (bicyclic) bond motifs is 1. The van der Waals surface area contributed by atoms with Gasteiger partial charge in [0.2, 0.25) is 0 Å². The standard InChI is InChI=1S/C18H24FN3OS/c1-17(2,3)24(23)21-18(4)11-7-10-15-13(18)12-20-22(15)16-9-6-5-8-14(16)19/h5-6,8-9,12,21H,7,10-11H2,1-4H3/t18-,24-/m1/s1. The molecule has 1 aromatic heterocycles. The van der Waals surface area contributed by atoms with Gasteiger partial charge in [0.05, 0.1) is 27.5 Å². The number of rotatable bonds is 3. The molecule has 0 saturated heterocycles. The highest BCUT2D eigenvalue weighted by molar-refractivity contribution is 7.84. The first kappa shape index (κ1) is 17.3. The SMILES string of the molecule is CC(C)(C)[S@@](=O)N[C@]1(C)CCCc2c1cnn2-c1ccccc1F. The van der Waals surface area contributed by atoms with Gasteiger partial charge in [-0.15, -0.1) is 0 Å². The molecular weight excluding hydrogens is 325 g/mol. The summed E-state index contributed by atoms with van der Waals surface area (Å²) in [6, 6.07) is 6.65. The summed E-state index contributed by atoms with van der Waals surface area (Å²) in [5.74, 6) is -0.290. The second kappa shape index (κ2) is 6.08. The number of aromatic nitrogens is 2. The van der Waals surface area contributed by atoms with Crippen molar-refractivity contribution in [1.82, 2.24) is 14.5 Å². The molecule has 4 nitrogen and oxygen atoms in total. The van der Waals surface area contributed by atoms with Crippen molar-refractivity contribution in [2.24, 2.45) is 0 Å². The topological polar surface area (TPSA) is 46.9 Å². The van der Waals surface area contributed by atoms with Gasteiger partial charge in [-0.05, 0) is 59.1 Å². The fraction of sp³-hybridized carbons (Fsp3) is 0.500. The van der Waals surface area contributed by atoms with Gasteiger partial charge in [0.15, 0.2) is 0 Å². The van der Waals surface area contributed by atoms with Crippen molar-refractivity contribution in [2.45, 2.75) is 57.2 Å². The van der Waals surface area contributed by atoms with Crippen molar-refractivity contribution in [3.63, 3.8) is 0 Å². The normalized spacial score (nSPS) is 22.2. The molecule has 1 aromatic carbocycles. The second-order valence-electron chi connectivity index (χ2n) is 7.54. The number of halogens is 1. The molecule has 1 aliphatic carbocycles. The third-order valence-corrected chi connectivity index (χ3v) is 6.26. The van der Waals surface area contributed by atoms with Gasteiger partial charge in [0.25, 0.3) is 0 Å². The molecule has 0 unspecified atom stereocenters. The van der Waals surface area contributed by atoms with Crippen LogP contribution in [-0.2, 0) is 22.9 Å². The van der Waals surface area contributed by atoms with E-state index < -0.39 is 16.5 Å². The lowest BCUT2D eigenvalue weighted by Crippen LogP contribution is -2.47. The number of para-hydroxylation sites is 1. The number of nitrogens with one attached hydrogen (secondary N) is 1. The monoisotopic (exact) mass is 349 g/mol. The fourth-order valence-electron chi connectivity index (χ4n) is 3.11. The largest absolute Gasteiger partial charge is 0.242 e. The average molecular weight is 349 g/mol. The minimum Gasteiger partial charge on any atom is -0.242 e. The van der Waals surface area contributed by atoms with Crippen LogP contribution in [0.5, 0.6) is 0 Å². The van der Waals surface area contributed by atoms with Crippen LogP contribution >= 0.6 is 0 Å². The van der Waals surface area contributed by atoms with Gasteiger partial charge in [0.1, 0.15) is 11.5 Å². The molecule has 0 fully saturated rings. The summed E-state index contributed by atoms with van der Waals surface area (Å²) in [4.78, 5) is 0. The third kappa shape index (κ3) is 3.05. The quantitative estimate of drug-likeness (QED) is 0.920. The minimum atomic E-state index is -1.18. The summed E-state index contributed by atoms with van der Waals surface area (Å²) in [6.07, 6.45) is 4.44. The molecule has 0 spiro atoms. The van der Waals surface area contributed by atoms with Gasteiger partial charge in [-0.3, -0.25) is 0 Å². The van der Waals surface area contributed by atoms with Crippen LogP contribution in [0.3, 0.4) is 0 Å². The lowest BCUT2D eigenvalue weighted by atomic mass is 9.82. The van der Waals surface area contributed by atoms with Gasteiger partial charge in [-0.25, -0.2) is 18.0 Å². The van der Waals surface area contributed by atoms with Crippen LogP contribution in [0.4, 0.5) is 4.39 Å². The van der Waals surface area contributed by atoms with Crippen LogP contribution in [0.2, 0.25) is 0 Å². The Morgan fingerprint density at radius 3 is 2.71 bits per heavy atom. The van der Waals surface area contributed by atoms with Crippen molar-refractivity contribution in [2.75, 3.05) is 0 Å². The number of benzene rings is 1. The average Bonchev–Trinajstić information content (AvgIpc) is 2.92. The minimum absolute atomic E-state index is 0.290. The molecule has 24 heavy (non-hydrogen) atoms. The Balaban J connectivity index is 2.01. The number of nitrogens with zero attached hydrogens (tertiary/aromatic N) is 2. The summed E-state index contributed by atoms with van der Waals surface area (Å²) in [7, 11) is -1.18. The van der Waals surface area contributed by atoms with E-state index in [0.717, 1.165) is 30.5 Å². The molecule has 130 valence electrons. The van der Waals surface area contributed by atoms with Crippen LogP contribution in [0.25, 0.3) is 5.69 Å². The molecule has 0 radical (unpaired) electrons. The zero-order chi connectivity index (χ0) is 17.5. The van der Waals surface area contributed by atoms with E-state index >= 15 is 0 Å². The van der Waals surface area contributed by atoms with E-state index in [1.165, 1.54) is 6.07 Å². The molecule has 0 saturated carbocycles. The molecule has 1 heterocycles. The highest BCUT2D eigenvalue weighted by Crippen LogP contribution is 2.37. The van der Waals surface area contributed by atoms with E-state index in [1.807, 2.05) is 20.8 Å². The molecule has 3 rings (SSSR count). The van der Waals surface area contributed by atoms with Gasteiger partial charge in [-0.1, -0.05) is 12.1 Å². The van der Waals surface area contributed by atoms with Crippen LogP contribution in [0, 0.1) is 5.82 Å². The van der Waals surface area contributed by atoms with Crippen molar-refractivity contribution in [3.05, 3.63) is 47.5 Å². The first-order valence-electron chi connectivity index (χ1n) is 8.24. The Hall–Kier alpha value is -1.53. The predicted molar refractivity (Wildman–Crippen MR) is 94.8 cm³/mol. The Morgan fingerprint density at radius 2 is 2.04 bits per heavy atom. The molecule has 1 N–H and O–H groups in total. The van der Waals surface area contributed by atoms with E-state index in [2.05, 4.69) is 16.7 Å². The zero-order valence-electron chi connectivity index (χ0n) is 14.6. The molecule has 0 amide bonds. The van der Waals surface area contributed by atoms with Crippen LogP contribution < -0.4 is 4.72 Å². The second-order valence-corrected chi connectivity index (χ2v) is 9.50. The Labute approximate surface area is 145 Å².